The molecular weight excluding hydrogens is 709 g/mol. The molecular formula is C54H40N2S. The van der Waals surface area contributed by atoms with Crippen molar-refractivity contribution < 1.29 is 0 Å². The molecule has 272 valence electrons. The molecule has 0 spiro atoms. The van der Waals surface area contributed by atoms with Gasteiger partial charge in [-0.3, -0.25) is 0 Å². The number of fused-ring (bicyclic) bond motifs is 9. The molecule has 0 radical (unpaired) electrons. The van der Waals surface area contributed by atoms with Crippen LogP contribution >= 0.6 is 11.3 Å². The van der Waals surface area contributed by atoms with Gasteiger partial charge < -0.3 is 9.30 Å². The van der Waals surface area contributed by atoms with E-state index in [0.717, 1.165) is 24.2 Å². The molecule has 2 atom stereocenters. The Morgan fingerprint density at radius 2 is 1.32 bits per heavy atom. The molecule has 3 heterocycles. The van der Waals surface area contributed by atoms with Crippen molar-refractivity contribution in [3.8, 4) is 11.1 Å². The van der Waals surface area contributed by atoms with Crippen molar-refractivity contribution in [3.63, 3.8) is 0 Å². The predicted octanol–water partition coefficient (Wildman–Crippen LogP) is 15.1. The van der Waals surface area contributed by atoms with Gasteiger partial charge >= 0.3 is 0 Å². The molecule has 0 N–H and O–H groups in total. The van der Waals surface area contributed by atoms with Crippen LogP contribution in [0.3, 0.4) is 0 Å². The van der Waals surface area contributed by atoms with Gasteiger partial charge in [-0.2, -0.15) is 0 Å². The molecule has 0 aliphatic heterocycles. The van der Waals surface area contributed by atoms with Crippen LogP contribution in [0.4, 0.5) is 11.4 Å². The predicted molar refractivity (Wildman–Crippen MR) is 246 cm³/mol. The Balaban J connectivity index is 0.905. The fourth-order valence-corrected chi connectivity index (χ4v) is 10.3. The minimum Gasteiger partial charge on any atom is -0.318 e. The number of rotatable bonds is 9. The SMILES string of the molecule is C=CC(CC=CN(c1ccc(-c2ccccc2)cc1)c1ccc(C2C=Cc3sc4ccccc4c3C2)cc1)c1ccc2c(c1)c1cccc3c4ccccc4n2c31. The highest BCUT2D eigenvalue weighted by Gasteiger charge is 2.21. The summed E-state index contributed by atoms with van der Waals surface area (Å²) in [5.41, 5.74) is 12.6. The van der Waals surface area contributed by atoms with Gasteiger partial charge in [0.25, 0.3) is 0 Å². The standard InChI is InChI=1S/C54H40N2S/c1-2-36(40-25-31-51-48(34-40)47-18-10-17-46-44-15-6-8-19-50(44)56(51)54(46)47)14-11-33-55(42-27-21-38(22-28-42)37-12-4-3-5-13-37)43-29-23-39(24-30-43)41-26-32-53-49(35-41)45-16-7-9-20-52(45)57-53/h2-13,15-34,36,41H,1,14,35H2. The van der Waals surface area contributed by atoms with Crippen LogP contribution in [0.25, 0.3) is 65.4 Å². The molecule has 3 aromatic heterocycles. The molecule has 10 aromatic rings. The van der Waals surface area contributed by atoms with Gasteiger partial charge in [0.1, 0.15) is 0 Å². The average Bonchev–Trinajstić information content (AvgIpc) is 3.94. The fraction of sp³-hybridized carbons (Fsp3) is 0.0741. The smallest absolute Gasteiger partial charge is 0.0620 e. The third kappa shape index (κ3) is 5.69. The minimum absolute atomic E-state index is 0.170. The summed E-state index contributed by atoms with van der Waals surface area (Å²) in [7, 11) is 0. The number of thiophene rings is 1. The highest BCUT2D eigenvalue weighted by Crippen LogP contribution is 2.42. The summed E-state index contributed by atoms with van der Waals surface area (Å²) >= 11 is 1.90. The van der Waals surface area contributed by atoms with Gasteiger partial charge in [0.05, 0.1) is 16.6 Å². The first kappa shape index (κ1) is 33.6. The number of allylic oxidation sites excluding steroid dienone is 3. The van der Waals surface area contributed by atoms with Gasteiger partial charge in [-0.25, -0.2) is 0 Å². The molecule has 0 bridgehead atoms. The van der Waals surface area contributed by atoms with Crippen molar-refractivity contribution >= 4 is 77.0 Å². The van der Waals surface area contributed by atoms with Crippen LogP contribution in [0.2, 0.25) is 0 Å². The highest BCUT2D eigenvalue weighted by atomic mass is 32.1. The largest absolute Gasteiger partial charge is 0.318 e. The third-order valence-electron chi connectivity index (χ3n) is 12.1. The lowest BCUT2D eigenvalue weighted by Gasteiger charge is -2.23. The van der Waals surface area contributed by atoms with E-state index in [9.17, 15) is 0 Å². The molecule has 2 nitrogen and oxygen atoms in total. The molecule has 0 saturated heterocycles. The molecule has 3 heteroatoms. The van der Waals surface area contributed by atoms with Crippen molar-refractivity contribution in [2.45, 2.75) is 24.7 Å². The molecule has 2 unspecified atom stereocenters. The lowest BCUT2D eigenvalue weighted by Crippen LogP contribution is -2.09. The summed E-state index contributed by atoms with van der Waals surface area (Å²) in [6.45, 7) is 4.32. The summed E-state index contributed by atoms with van der Waals surface area (Å²) < 4.78 is 3.82. The number of anilines is 2. The maximum absolute atomic E-state index is 4.32. The van der Waals surface area contributed by atoms with Crippen LogP contribution in [0.1, 0.15) is 39.8 Å². The zero-order chi connectivity index (χ0) is 37.9. The van der Waals surface area contributed by atoms with Crippen LogP contribution < -0.4 is 4.90 Å². The van der Waals surface area contributed by atoms with Gasteiger partial charge in [0.2, 0.25) is 0 Å². The van der Waals surface area contributed by atoms with Gasteiger partial charge in [-0.05, 0) is 101 Å². The van der Waals surface area contributed by atoms with Crippen molar-refractivity contribution in [2.24, 2.45) is 0 Å². The zero-order valence-electron chi connectivity index (χ0n) is 31.6. The van der Waals surface area contributed by atoms with Crippen molar-refractivity contribution in [3.05, 3.63) is 216 Å². The van der Waals surface area contributed by atoms with E-state index in [-0.39, 0.29) is 5.92 Å². The van der Waals surface area contributed by atoms with Gasteiger partial charge in [-0.15, -0.1) is 17.9 Å². The molecule has 57 heavy (non-hydrogen) atoms. The lowest BCUT2D eigenvalue weighted by atomic mass is 9.87. The molecule has 0 fully saturated rings. The Labute approximate surface area is 336 Å². The van der Waals surface area contributed by atoms with E-state index in [2.05, 4.69) is 210 Å². The minimum atomic E-state index is 0.170. The number of aromatic nitrogens is 1. The Kier molecular flexibility index (Phi) is 8.15. The van der Waals surface area contributed by atoms with E-state index in [4.69, 9.17) is 0 Å². The summed E-state index contributed by atoms with van der Waals surface area (Å²) in [6, 6.07) is 60.0. The van der Waals surface area contributed by atoms with Crippen LogP contribution in [0.15, 0.2) is 195 Å². The van der Waals surface area contributed by atoms with Crippen molar-refractivity contribution in [1.29, 1.82) is 0 Å². The summed E-state index contributed by atoms with van der Waals surface area (Å²) in [5, 5.41) is 6.63. The van der Waals surface area contributed by atoms with Crippen LogP contribution in [0, 0.1) is 0 Å². The van der Waals surface area contributed by atoms with Gasteiger partial charge in [0.15, 0.2) is 0 Å². The first-order chi connectivity index (χ1) is 28.2. The first-order valence-corrected chi connectivity index (χ1v) is 20.7. The van der Waals surface area contributed by atoms with Gasteiger partial charge in [-0.1, -0.05) is 133 Å². The monoisotopic (exact) mass is 748 g/mol. The zero-order valence-corrected chi connectivity index (χ0v) is 32.4. The average molecular weight is 749 g/mol. The fourth-order valence-electron chi connectivity index (χ4n) is 9.19. The molecule has 7 aromatic carbocycles. The maximum Gasteiger partial charge on any atom is 0.0620 e. The quantitative estimate of drug-likeness (QED) is 0.133. The van der Waals surface area contributed by atoms with E-state index >= 15 is 0 Å². The third-order valence-corrected chi connectivity index (χ3v) is 13.3. The van der Waals surface area contributed by atoms with E-state index < -0.39 is 0 Å². The Bertz CT molecular complexity index is 3140. The molecule has 11 rings (SSSR count). The molecule has 0 saturated carbocycles. The van der Waals surface area contributed by atoms with Crippen LogP contribution in [0.5, 0.6) is 0 Å². The summed E-state index contributed by atoms with van der Waals surface area (Å²) in [4.78, 5) is 3.72. The van der Waals surface area contributed by atoms with E-state index in [1.165, 1.54) is 80.9 Å². The van der Waals surface area contributed by atoms with E-state index in [1.807, 2.05) is 11.3 Å². The number of hydrogen-bond donors (Lipinski definition) is 0. The van der Waals surface area contributed by atoms with E-state index in [0.29, 0.717) is 5.92 Å². The highest BCUT2D eigenvalue weighted by molar-refractivity contribution is 7.20. The number of para-hydroxylation sites is 2. The Morgan fingerprint density at radius 3 is 2.12 bits per heavy atom. The molecule has 1 aliphatic rings. The topological polar surface area (TPSA) is 7.65 Å². The second-order valence-electron chi connectivity index (χ2n) is 15.3. The van der Waals surface area contributed by atoms with Crippen LogP contribution in [-0.2, 0) is 6.42 Å². The summed E-state index contributed by atoms with van der Waals surface area (Å²) in [5.74, 6) is 0.525. The molecule has 0 amide bonds. The Morgan fingerprint density at radius 1 is 0.649 bits per heavy atom. The molecule has 1 aliphatic carbocycles. The number of benzene rings is 7. The van der Waals surface area contributed by atoms with E-state index in [1.54, 1.807) is 0 Å². The second kappa shape index (κ2) is 13.8. The van der Waals surface area contributed by atoms with Crippen molar-refractivity contribution in [2.75, 3.05) is 4.90 Å². The number of nitrogens with zero attached hydrogens (tertiary/aromatic N) is 2. The summed E-state index contributed by atoms with van der Waals surface area (Å²) in [6.07, 6.45) is 13.3. The normalized spacial score (nSPS) is 14.7. The van der Waals surface area contributed by atoms with Gasteiger partial charge in [0, 0.05) is 60.5 Å². The first-order valence-electron chi connectivity index (χ1n) is 19.9. The van der Waals surface area contributed by atoms with Crippen molar-refractivity contribution in [1.82, 2.24) is 4.40 Å². The Hall–Kier alpha value is -6.68. The number of hydrogen-bond acceptors (Lipinski definition) is 2. The lowest BCUT2D eigenvalue weighted by molar-refractivity contribution is 0.836. The maximum atomic E-state index is 4.32. The second-order valence-corrected chi connectivity index (χ2v) is 16.4. The van der Waals surface area contributed by atoms with Crippen LogP contribution in [-0.4, -0.2) is 4.40 Å².